The van der Waals surface area contributed by atoms with Gasteiger partial charge in [0.2, 0.25) is 5.91 Å². The van der Waals surface area contributed by atoms with Gasteiger partial charge in [-0.15, -0.1) is 0 Å². The normalized spacial score (nSPS) is 19.2. The summed E-state index contributed by atoms with van der Waals surface area (Å²) in [6.07, 6.45) is 1.80. The number of hydrogen-bond acceptors (Lipinski definition) is 4. The molecular weight excluding hydrogens is 329 g/mol. The van der Waals surface area contributed by atoms with Crippen LogP contribution in [0.3, 0.4) is 0 Å². The summed E-state index contributed by atoms with van der Waals surface area (Å²) >= 11 is 0. The van der Waals surface area contributed by atoms with Gasteiger partial charge in [0.1, 0.15) is 5.75 Å². The summed E-state index contributed by atoms with van der Waals surface area (Å²) < 4.78 is 19.7. The molecule has 6 heteroatoms. The van der Waals surface area contributed by atoms with Crippen LogP contribution in [0, 0.1) is 5.41 Å². The number of hydrogen-bond donors (Lipinski definition) is 0. The minimum atomic E-state index is -0.546. The standard InChI is InChI=1S/C20H28BNO4/c1-18(2,3)17(23)22-12-11-13-15(24-8)10-9-14(16(13)22)21-25-19(4,5)20(6,7)26-21/h9-12H,1-8H3. The molecule has 0 unspecified atom stereocenters. The molecule has 1 aromatic carbocycles. The fourth-order valence-corrected chi connectivity index (χ4v) is 3.13. The molecule has 1 fully saturated rings. The SMILES string of the molecule is COc1ccc(B2OC(C)(C)C(C)(C)O2)c2c1ccn2C(=O)C(C)(C)C. The van der Waals surface area contributed by atoms with Crippen LogP contribution in [0.25, 0.3) is 10.9 Å². The van der Waals surface area contributed by atoms with E-state index in [0.717, 1.165) is 22.1 Å². The highest BCUT2D eigenvalue weighted by Gasteiger charge is 2.52. The second-order valence-corrected chi connectivity index (χ2v) is 8.95. The lowest BCUT2D eigenvalue weighted by molar-refractivity contribution is 0.00578. The molecule has 0 aliphatic carbocycles. The van der Waals surface area contributed by atoms with Gasteiger partial charge in [-0.05, 0) is 39.8 Å². The summed E-state index contributed by atoms with van der Waals surface area (Å²) in [5, 5.41) is 0.873. The fourth-order valence-electron chi connectivity index (χ4n) is 3.13. The quantitative estimate of drug-likeness (QED) is 0.770. The molecule has 2 heterocycles. The molecular formula is C20H28BNO4. The fraction of sp³-hybridized carbons (Fsp3) is 0.550. The Morgan fingerprint density at radius 2 is 1.65 bits per heavy atom. The molecule has 1 aliphatic rings. The Balaban J connectivity index is 2.21. The zero-order chi connectivity index (χ0) is 19.5. The minimum Gasteiger partial charge on any atom is -0.496 e. The van der Waals surface area contributed by atoms with Crippen molar-refractivity contribution in [2.24, 2.45) is 5.41 Å². The van der Waals surface area contributed by atoms with Crippen molar-refractivity contribution in [3.63, 3.8) is 0 Å². The van der Waals surface area contributed by atoms with Crippen molar-refractivity contribution in [3.8, 4) is 5.75 Å². The van der Waals surface area contributed by atoms with E-state index in [9.17, 15) is 4.79 Å². The molecule has 0 atom stereocenters. The van der Waals surface area contributed by atoms with Crippen LogP contribution in [0.1, 0.15) is 53.3 Å². The summed E-state index contributed by atoms with van der Waals surface area (Å²) in [5.74, 6) is 0.735. The molecule has 1 aliphatic heterocycles. The first-order valence-electron chi connectivity index (χ1n) is 8.97. The zero-order valence-electron chi connectivity index (χ0n) is 17.0. The molecule has 140 valence electrons. The topological polar surface area (TPSA) is 49.7 Å². The highest BCUT2D eigenvalue weighted by Crippen LogP contribution is 2.38. The first kappa shape index (κ1) is 19.0. The van der Waals surface area contributed by atoms with Crippen LogP contribution in [0.2, 0.25) is 0 Å². The van der Waals surface area contributed by atoms with E-state index in [1.807, 2.05) is 66.7 Å². The predicted octanol–water partition coefficient (Wildman–Crippen LogP) is 3.64. The minimum absolute atomic E-state index is 0.0125. The van der Waals surface area contributed by atoms with E-state index in [1.165, 1.54) is 0 Å². The second-order valence-electron chi connectivity index (χ2n) is 8.95. The van der Waals surface area contributed by atoms with E-state index in [-0.39, 0.29) is 5.91 Å². The highest BCUT2D eigenvalue weighted by molar-refractivity contribution is 6.65. The second kappa shape index (κ2) is 5.86. The van der Waals surface area contributed by atoms with Gasteiger partial charge in [0.05, 0.1) is 23.8 Å². The number of aromatic nitrogens is 1. The van der Waals surface area contributed by atoms with Gasteiger partial charge in [-0.1, -0.05) is 26.8 Å². The van der Waals surface area contributed by atoms with Gasteiger partial charge in [0.25, 0.3) is 0 Å². The number of fused-ring (bicyclic) bond motifs is 1. The third-order valence-electron chi connectivity index (χ3n) is 5.43. The highest BCUT2D eigenvalue weighted by atomic mass is 16.7. The van der Waals surface area contributed by atoms with Crippen molar-refractivity contribution < 1.29 is 18.8 Å². The van der Waals surface area contributed by atoms with E-state index < -0.39 is 23.7 Å². The Kier molecular flexibility index (Phi) is 4.28. The van der Waals surface area contributed by atoms with Crippen molar-refractivity contribution >= 4 is 29.4 Å². The molecule has 0 bridgehead atoms. The lowest BCUT2D eigenvalue weighted by Gasteiger charge is -2.32. The number of methoxy groups -OCH3 is 1. The number of benzene rings is 1. The van der Waals surface area contributed by atoms with Gasteiger partial charge in [0, 0.05) is 22.5 Å². The smallest absolute Gasteiger partial charge is 0.496 e. The lowest BCUT2D eigenvalue weighted by Crippen LogP contribution is -2.41. The van der Waals surface area contributed by atoms with E-state index in [0.29, 0.717) is 0 Å². The molecule has 0 saturated carbocycles. The van der Waals surface area contributed by atoms with Crippen LogP contribution in [0.15, 0.2) is 24.4 Å². The van der Waals surface area contributed by atoms with Gasteiger partial charge in [-0.2, -0.15) is 0 Å². The van der Waals surface area contributed by atoms with Gasteiger partial charge in [-0.25, -0.2) is 0 Å². The number of carbonyl (C=O) groups is 1. The van der Waals surface area contributed by atoms with Crippen LogP contribution in [-0.2, 0) is 9.31 Å². The van der Waals surface area contributed by atoms with Crippen LogP contribution in [0.5, 0.6) is 5.75 Å². The van der Waals surface area contributed by atoms with Crippen LogP contribution >= 0.6 is 0 Å². The number of ether oxygens (including phenoxy) is 1. The molecule has 0 radical (unpaired) electrons. The van der Waals surface area contributed by atoms with Crippen molar-refractivity contribution in [2.45, 2.75) is 59.7 Å². The lowest BCUT2D eigenvalue weighted by atomic mass is 9.77. The van der Waals surface area contributed by atoms with Gasteiger partial charge in [-0.3, -0.25) is 9.36 Å². The van der Waals surface area contributed by atoms with Crippen molar-refractivity contribution in [2.75, 3.05) is 7.11 Å². The average molecular weight is 357 g/mol. The maximum Gasteiger partial charge on any atom is 0.497 e. The monoisotopic (exact) mass is 357 g/mol. The molecule has 2 aromatic rings. The van der Waals surface area contributed by atoms with Crippen molar-refractivity contribution in [1.82, 2.24) is 4.57 Å². The number of rotatable bonds is 2. The molecule has 5 nitrogen and oxygen atoms in total. The van der Waals surface area contributed by atoms with E-state index in [4.69, 9.17) is 14.0 Å². The van der Waals surface area contributed by atoms with Crippen molar-refractivity contribution in [3.05, 3.63) is 24.4 Å². The Bertz CT molecular complexity index is 845. The largest absolute Gasteiger partial charge is 0.497 e. The first-order valence-corrected chi connectivity index (χ1v) is 8.97. The molecule has 26 heavy (non-hydrogen) atoms. The molecule has 0 N–H and O–H groups in total. The molecule has 1 aromatic heterocycles. The summed E-state index contributed by atoms with van der Waals surface area (Å²) in [6, 6.07) is 5.73. The van der Waals surface area contributed by atoms with Crippen LogP contribution in [0.4, 0.5) is 0 Å². The third kappa shape index (κ3) is 2.85. The summed E-state index contributed by atoms with van der Waals surface area (Å²) in [5.41, 5.74) is 0.206. The summed E-state index contributed by atoms with van der Waals surface area (Å²) in [4.78, 5) is 13.0. The Morgan fingerprint density at radius 3 is 2.15 bits per heavy atom. The zero-order valence-corrected chi connectivity index (χ0v) is 17.0. The summed E-state index contributed by atoms with van der Waals surface area (Å²) in [7, 11) is 1.08. The molecule has 1 saturated heterocycles. The maximum absolute atomic E-state index is 13.0. The van der Waals surface area contributed by atoms with E-state index >= 15 is 0 Å². The number of carbonyl (C=O) groups excluding carboxylic acids is 1. The Hall–Kier alpha value is -1.79. The number of nitrogens with zero attached hydrogens (tertiary/aromatic N) is 1. The molecule has 0 amide bonds. The van der Waals surface area contributed by atoms with Gasteiger partial charge in [0.15, 0.2) is 0 Å². The Labute approximate surface area is 155 Å². The predicted molar refractivity (Wildman–Crippen MR) is 104 cm³/mol. The first-order chi connectivity index (χ1) is 11.9. The van der Waals surface area contributed by atoms with E-state index in [2.05, 4.69) is 0 Å². The van der Waals surface area contributed by atoms with Gasteiger partial charge >= 0.3 is 7.12 Å². The Morgan fingerprint density at radius 1 is 1.08 bits per heavy atom. The van der Waals surface area contributed by atoms with Crippen LogP contribution < -0.4 is 10.2 Å². The average Bonchev–Trinajstić information content (AvgIpc) is 3.04. The van der Waals surface area contributed by atoms with E-state index in [1.54, 1.807) is 17.9 Å². The van der Waals surface area contributed by atoms with Crippen molar-refractivity contribution in [1.29, 1.82) is 0 Å². The molecule has 3 rings (SSSR count). The molecule has 0 spiro atoms. The maximum atomic E-state index is 13.0. The van der Waals surface area contributed by atoms with Crippen LogP contribution in [-0.4, -0.2) is 35.9 Å². The third-order valence-corrected chi connectivity index (χ3v) is 5.43. The van der Waals surface area contributed by atoms with Gasteiger partial charge < -0.3 is 14.0 Å². The summed E-state index contributed by atoms with van der Waals surface area (Å²) in [6.45, 7) is 13.8.